The van der Waals surface area contributed by atoms with Gasteiger partial charge in [0.05, 0.1) is 5.69 Å². The highest BCUT2D eigenvalue weighted by Crippen LogP contribution is 2.40. The second-order valence-electron chi connectivity index (χ2n) is 6.46. The number of thiazole rings is 1. The van der Waals surface area contributed by atoms with Crippen LogP contribution in [0.5, 0.6) is 0 Å². The SMILES string of the molecule is CC(C)N1C[C@@H](C)[C@H](NC(=O)c2nc(C3CC3)cs2)C1. The molecule has 2 heterocycles. The van der Waals surface area contributed by atoms with Gasteiger partial charge in [0.15, 0.2) is 5.01 Å². The van der Waals surface area contributed by atoms with Gasteiger partial charge in [0.2, 0.25) is 0 Å². The van der Waals surface area contributed by atoms with Crippen molar-refractivity contribution in [3.63, 3.8) is 0 Å². The van der Waals surface area contributed by atoms with Crippen molar-refractivity contribution in [2.45, 2.75) is 51.6 Å². The lowest BCUT2D eigenvalue weighted by Crippen LogP contribution is -2.40. The molecule has 1 amide bonds. The Hall–Kier alpha value is -0.940. The highest BCUT2D eigenvalue weighted by atomic mass is 32.1. The molecule has 3 rings (SSSR count). The van der Waals surface area contributed by atoms with Crippen molar-refractivity contribution >= 4 is 17.2 Å². The second-order valence-corrected chi connectivity index (χ2v) is 7.31. The van der Waals surface area contributed by atoms with Crippen LogP contribution in [0.25, 0.3) is 0 Å². The van der Waals surface area contributed by atoms with Crippen LogP contribution in [0.3, 0.4) is 0 Å². The van der Waals surface area contributed by atoms with Crippen molar-refractivity contribution in [2.75, 3.05) is 13.1 Å². The summed E-state index contributed by atoms with van der Waals surface area (Å²) in [6.45, 7) is 8.64. The van der Waals surface area contributed by atoms with E-state index in [-0.39, 0.29) is 11.9 Å². The minimum Gasteiger partial charge on any atom is -0.346 e. The van der Waals surface area contributed by atoms with Crippen molar-refractivity contribution in [3.8, 4) is 0 Å². The summed E-state index contributed by atoms with van der Waals surface area (Å²) in [5.74, 6) is 1.13. The van der Waals surface area contributed by atoms with Gasteiger partial charge in [0.25, 0.3) is 5.91 Å². The molecule has 2 atom stereocenters. The summed E-state index contributed by atoms with van der Waals surface area (Å²) in [7, 11) is 0. The van der Waals surface area contributed by atoms with Crippen molar-refractivity contribution in [1.29, 1.82) is 0 Å². The predicted octanol–water partition coefficient (Wildman–Crippen LogP) is 2.48. The predicted molar refractivity (Wildman–Crippen MR) is 81.2 cm³/mol. The zero-order chi connectivity index (χ0) is 14.3. The Morgan fingerprint density at radius 3 is 2.80 bits per heavy atom. The van der Waals surface area contributed by atoms with Gasteiger partial charge in [0, 0.05) is 36.5 Å². The van der Waals surface area contributed by atoms with E-state index < -0.39 is 0 Å². The van der Waals surface area contributed by atoms with Gasteiger partial charge in [-0.1, -0.05) is 6.92 Å². The topological polar surface area (TPSA) is 45.2 Å². The van der Waals surface area contributed by atoms with Crippen molar-refractivity contribution < 1.29 is 4.79 Å². The zero-order valence-electron chi connectivity index (χ0n) is 12.4. The Morgan fingerprint density at radius 1 is 1.45 bits per heavy atom. The maximum Gasteiger partial charge on any atom is 0.280 e. The van der Waals surface area contributed by atoms with E-state index in [4.69, 9.17) is 0 Å². The van der Waals surface area contributed by atoms with E-state index in [2.05, 4.69) is 36.0 Å². The summed E-state index contributed by atoms with van der Waals surface area (Å²) in [5, 5.41) is 5.84. The van der Waals surface area contributed by atoms with Gasteiger partial charge in [-0.3, -0.25) is 9.69 Å². The quantitative estimate of drug-likeness (QED) is 0.927. The summed E-state index contributed by atoms with van der Waals surface area (Å²) in [4.78, 5) is 19.2. The molecule has 1 saturated carbocycles. The van der Waals surface area contributed by atoms with Crippen molar-refractivity contribution in [2.24, 2.45) is 5.92 Å². The Bertz CT molecular complexity index is 495. The van der Waals surface area contributed by atoms with E-state index in [9.17, 15) is 4.79 Å². The molecule has 1 aromatic rings. The molecule has 0 bridgehead atoms. The van der Waals surface area contributed by atoms with Gasteiger partial charge in [-0.05, 0) is 32.6 Å². The molecular weight excluding hydrogens is 270 g/mol. The smallest absolute Gasteiger partial charge is 0.280 e. The molecule has 0 unspecified atom stereocenters. The maximum absolute atomic E-state index is 12.3. The number of carbonyl (C=O) groups excluding carboxylic acids is 1. The molecule has 1 N–H and O–H groups in total. The lowest BCUT2D eigenvalue weighted by atomic mass is 10.1. The van der Waals surface area contributed by atoms with Gasteiger partial charge in [-0.2, -0.15) is 0 Å². The van der Waals surface area contributed by atoms with Crippen molar-refractivity contribution in [3.05, 3.63) is 16.1 Å². The summed E-state index contributed by atoms with van der Waals surface area (Å²) >= 11 is 1.48. The number of carbonyl (C=O) groups is 1. The normalized spacial score (nSPS) is 27.2. The van der Waals surface area contributed by atoms with Crippen LogP contribution >= 0.6 is 11.3 Å². The number of hydrogen-bond acceptors (Lipinski definition) is 4. The first-order valence-electron chi connectivity index (χ1n) is 7.55. The van der Waals surface area contributed by atoms with E-state index in [1.807, 2.05) is 5.38 Å². The van der Waals surface area contributed by atoms with Gasteiger partial charge < -0.3 is 5.32 Å². The van der Waals surface area contributed by atoms with Crippen LogP contribution in [0, 0.1) is 5.92 Å². The number of nitrogens with zero attached hydrogens (tertiary/aromatic N) is 2. The van der Waals surface area contributed by atoms with Crippen LogP contribution in [0.4, 0.5) is 0 Å². The molecule has 1 aliphatic heterocycles. The number of rotatable bonds is 4. The Labute approximate surface area is 124 Å². The molecule has 0 radical (unpaired) electrons. The molecule has 20 heavy (non-hydrogen) atoms. The van der Waals surface area contributed by atoms with Gasteiger partial charge >= 0.3 is 0 Å². The van der Waals surface area contributed by atoms with Crippen LogP contribution in [-0.2, 0) is 0 Å². The summed E-state index contributed by atoms with van der Waals surface area (Å²) in [5.41, 5.74) is 1.11. The fourth-order valence-electron chi connectivity index (χ4n) is 2.80. The van der Waals surface area contributed by atoms with E-state index in [1.165, 1.54) is 24.2 Å². The van der Waals surface area contributed by atoms with E-state index >= 15 is 0 Å². The molecule has 0 spiro atoms. The molecule has 0 aromatic carbocycles. The Morgan fingerprint density at radius 2 is 2.20 bits per heavy atom. The molecule has 5 heteroatoms. The van der Waals surface area contributed by atoms with Gasteiger partial charge in [-0.15, -0.1) is 11.3 Å². The van der Waals surface area contributed by atoms with E-state index in [0.717, 1.165) is 18.8 Å². The van der Waals surface area contributed by atoms with Gasteiger partial charge in [-0.25, -0.2) is 4.98 Å². The third kappa shape index (κ3) is 2.88. The number of hydrogen-bond donors (Lipinski definition) is 1. The first kappa shape index (κ1) is 14.0. The molecule has 2 aliphatic rings. The number of likely N-dealkylation sites (tertiary alicyclic amines) is 1. The molecule has 1 aromatic heterocycles. The minimum atomic E-state index is 0.00403. The third-order valence-electron chi connectivity index (χ3n) is 4.40. The minimum absolute atomic E-state index is 0.00403. The van der Waals surface area contributed by atoms with Crippen LogP contribution in [0.2, 0.25) is 0 Å². The summed E-state index contributed by atoms with van der Waals surface area (Å²) < 4.78 is 0. The van der Waals surface area contributed by atoms with Crippen LogP contribution < -0.4 is 5.32 Å². The standard InChI is InChI=1S/C15H23N3OS/c1-9(2)18-6-10(3)12(7-18)16-14(19)15-17-13(8-20-15)11-4-5-11/h8-12H,4-7H2,1-3H3,(H,16,19)/t10-,12-/m1/s1. The zero-order valence-corrected chi connectivity index (χ0v) is 13.2. The highest BCUT2D eigenvalue weighted by Gasteiger charge is 2.33. The van der Waals surface area contributed by atoms with E-state index in [0.29, 0.717) is 22.9 Å². The highest BCUT2D eigenvalue weighted by molar-refractivity contribution is 7.11. The number of nitrogens with one attached hydrogen (secondary N) is 1. The molecule has 4 nitrogen and oxygen atoms in total. The Kier molecular flexibility index (Phi) is 3.82. The maximum atomic E-state index is 12.3. The first-order valence-corrected chi connectivity index (χ1v) is 8.43. The first-order chi connectivity index (χ1) is 9.54. The van der Waals surface area contributed by atoms with E-state index in [1.54, 1.807) is 0 Å². The molecular formula is C15H23N3OS. The second kappa shape index (κ2) is 5.45. The summed E-state index contributed by atoms with van der Waals surface area (Å²) in [6, 6.07) is 0.791. The molecule has 1 aliphatic carbocycles. The lowest BCUT2D eigenvalue weighted by Gasteiger charge is -2.20. The largest absolute Gasteiger partial charge is 0.346 e. The average molecular weight is 293 g/mol. The number of amides is 1. The Balaban J connectivity index is 1.60. The number of aromatic nitrogens is 1. The average Bonchev–Trinajstić information content (AvgIpc) is 3.01. The fourth-order valence-corrected chi connectivity index (χ4v) is 3.60. The lowest BCUT2D eigenvalue weighted by molar-refractivity contribution is 0.0930. The fraction of sp³-hybridized carbons (Fsp3) is 0.733. The van der Waals surface area contributed by atoms with Crippen LogP contribution in [-0.4, -0.2) is 41.0 Å². The third-order valence-corrected chi connectivity index (χ3v) is 5.26. The van der Waals surface area contributed by atoms with Crippen LogP contribution in [0.1, 0.15) is 55.0 Å². The molecule has 2 fully saturated rings. The van der Waals surface area contributed by atoms with Crippen molar-refractivity contribution in [1.82, 2.24) is 15.2 Å². The monoisotopic (exact) mass is 293 g/mol. The molecule has 110 valence electrons. The molecule has 1 saturated heterocycles. The van der Waals surface area contributed by atoms with Crippen LogP contribution in [0.15, 0.2) is 5.38 Å². The summed E-state index contributed by atoms with van der Waals surface area (Å²) in [6.07, 6.45) is 2.46. The van der Waals surface area contributed by atoms with Gasteiger partial charge in [0.1, 0.15) is 0 Å².